The van der Waals surface area contributed by atoms with Gasteiger partial charge in [0.25, 0.3) is 0 Å². The standard InChI is InChI=1S/C37H44ClN5O7S2/c1-21(2)27-20-51-34(40-27)26-16-30(25-12-13-29(49-4)32(38)33(25)39-26)50-23-15-28-35(45)42(3)14-8-6-5-7-9-22-17-37(22,18-31(44)43(28)19-23)36(46)41-52(47,48)24-10-11-24/h7,9,12-13,16,20-24,28H,5-6,8,10-11,14-15,17-19H2,1-4H3,(H,41,46)/b9-7-/t22-,23+,28+,37-/m1/s1. The van der Waals surface area contributed by atoms with E-state index in [1.807, 2.05) is 29.7 Å². The Kier molecular flexibility index (Phi) is 10.0. The fourth-order valence-corrected chi connectivity index (χ4v) is 9.86. The lowest BCUT2D eigenvalue weighted by Gasteiger charge is -2.29. The largest absolute Gasteiger partial charge is 0.495 e. The number of thiazole rings is 1. The first-order valence-corrected chi connectivity index (χ1v) is 20.7. The van der Waals surface area contributed by atoms with Gasteiger partial charge in [0.2, 0.25) is 27.7 Å². The maximum absolute atomic E-state index is 14.3. The summed E-state index contributed by atoms with van der Waals surface area (Å²) in [4.78, 5) is 54.8. The van der Waals surface area contributed by atoms with Gasteiger partial charge in [0, 0.05) is 43.3 Å². The second-order valence-electron chi connectivity index (χ2n) is 14.8. The summed E-state index contributed by atoms with van der Waals surface area (Å²) in [5.41, 5.74) is 0.782. The van der Waals surface area contributed by atoms with E-state index in [-0.39, 0.29) is 43.0 Å². The molecule has 52 heavy (non-hydrogen) atoms. The molecule has 2 aromatic heterocycles. The van der Waals surface area contributed by atoms with Gasteiger partial charge >= 0.3 is 0 Å². The van der Waals surface area contributed by atoms with Crippen molar-refractivity contribution in [2.75, 3.05) is 27.2 Å². The summed E-state index contributed by atoms with van der Waals surface area (Å²) in [5, 5.41) is 3.09. The second-order valence-corrected chi connectivity index (χ2v) is 18.0. The molecule has 2 aliphatic carbocycles. The van der Waals surface area contributed by atoms with Crippen LogP contribution in [-0.2, 0) is 24.4 Å². The Morgan fingerprint density at radius 2 is 1.94 bits per heavy atom. The van der Waals surface area contributed by atoms with Crippen LogP contribution in [0.1, 0.15) is 76.8 Å². The van der Waals surface area contributed by atoms with Gasteiger partial charge in [-0.15, -0.1) is 11.3 Å². The Balaban J connectivity index is 1.21. The van der Waals surface area contributed by atoms with Crippen molar-refractivity contribution in [2.45, 2.75) is 88.5 Å². The molecule has 4 aliphatic rings. The van der Waals surface area contributed by atoms with Gasteiger partial charge in [-0.05, 0) is 62.5 Å². The molecule has 0 radical (unpaired) electrons. The van der Waals surface area contributed by atoms with E-state index >= 15 is 0 Å². The van der Waals surface area contributed by atoms with Crippen LogP contribution in [0.5, 0.6) is 11.5 Å². The third-order valence-electron chi connectivity index (χ3n) is 10.7. The average Bonchev–Trinajstić information content (AvgIpc) is 3.98. The number of amides is 3. The number of nitrogens with zero attached hydrogens (tertiary/aromatic N) is 4. The zero-order valence-corrected chi connectivity index (χ0v) is 32.2. The van der Waals surface area contributed by atoms with Crippen molar-refractivity contribution in [3.63, 3.8) is 0 Å². The Bertz CT molecular complexity index is 2050. The van der Waals surface area contributed by atoms with Crippen LogP contribution < -0.4 is 14.2 Å². The van der Waals surface area contributed by atoms with Crippen LogP contribution in [0.2, 0.25) is 5.02 Å². The molecule has 4 heterocycles. The maximum atomic E-state index is 14.3. The van der Waals surface area contributed by atoms with Crippen LogP contribution in [0.25, 0.3) is 21.6 Å². The smallest absolute Gasteiger partial charge is 0.245 e. The molecule has 1 N–H and O–H groups in total. The normalized spacial score (nSPS) is 26.2. The van der Waals surface area contributed by atoms with Crippen LogP contribution >= 0.6 is 22.9 Å². The minimum absolute atomic E-state index is 0.0967. The monoisotopic (exact) mass is 769 g/mol. The number of aromatic nitrogens is 2. The predicted molar refractivity (Wildman–Crippen MR) is 199 cm³/mol. The van der Waals surface area contributed by atoms with E-state index in [4.69, 9.17) is 31.0 Å². The van der Waals surface area contributed by atoms with Gasteiger partial charge in [-0.2, -0.15) is 0 Å². The lowest BCUT2D eigenvalue weighted by atomic mass is 9.96. The van der Waals surface area contributed by atoms with Crippen molar-refractivity contribution in [2.24, 2.45) is 11.3 Å². The summed E-state index contributed by atoms with van der Waals surface area (Å²) in [7, 11) is -0.533. The molecule has 15 heteroatoms. The van der Waals surface area contributed by atoms with Gasteiger partial charge in [0.15, 0.2) is 0 Å². The van der Waals surface area contributed by atoms with Crippen LogP contribution in [-0.4, -0.2) is 90.5 Å². The number of methoxy groups -OCH3 is 1. The molecule has 2 aliphatic heterocycles. The van der Waals surface area contributed by atoms with Crippen molar-refractivity contribution in [3.05, 3.63) is 46.4 Å². The van der Waals surface area contributed by atoms with Gasteiger partial charge in [0.05, 0.1) is 35.5 Å². The van der Waals surface area contributed by atoms with E-state index in [9.17, 15) is 22.8 Å². The average molecular weight is 770 g/mol. The number of sulfonamides is 1. The molecule has 3 fully saturated rings. The summed E-state index contributed by atoms with van der Waals surface area (Å²) in [6.45, 7) is 4.78. The van der Waals surface area contributed by atoms with E-state index in [0.717, 1.165) is 25.0 Å². The molecule has 0 unspecified atom stereocenters. The highest BCUT2D eigenvalue weighted by atomic mass is 35.5. The van der Waals surface area contributed by atoms with Gasteiger partial charge in [0.1, 0.15) is 39.4 Å². The van der Waals surface area contributed by atoms with Crippen molar-refractivity contribution in [1.29, 1.82) is 0 Å². The number of pyridine rings is 1. The molecule has 1 aromatic carbocycles. The van der Waals surface area contributed by atoms with Crippen molar-refractivity contribution < 1.29 is 32.3 Å². The molecule has 0 spiro atoms. The molecule has 2 saturated carbocycles. The number of ether oxygens (including phenoxy) is 2. The molecule has 3 aromatic rings. The fraction of sp³-hybridized carbons (Fsp3) is 0.541. The highest BCUT2D eigenvalue weighted by Gasteiger charge is 2.61. The van der Waals surface area contributed by atoms with Gasteiger partial charge in [-0.25, -0.2) is 18.4 Å². The van der Waals surface area contributed by atoms with Gasteiger partial charge < -0.3 is 19.3 Å². The van der Waals surface area contributed by atoms with Crippen molar-refractivity contribution in [1.82, 2.24) is 24.5 Å². The molecule has 3 amide bonds. The van der Waals surface area contributed by atoms with Gasteiger partial charge in [-0.3, -0.25) is 19.1 Å². The van der Waals surface area contributed by atoms with E-state index in [0.29, 0.717) is 63.9 Å². The Labute approximate surface area is 313 Å². The lowest BCUT2D eigenvalue weighted by Crippen LogP contribution is -2.48. The lowest BCUT2D eigenvalue weighted by molar-refractivity contribution is -0.144. The number of hydrogen-bond donors (Lipinski definition) is 1. The third-order valence-corrected chi connectivity index (χ3v) is 13.7. The zero-order valence-electron chi connectivity index (χ0n) is 29.8. The Morgan fingerprint density at radius 3 is 2.65 bits per heavy atom. The molecule has 12 nitrogen and oxygen atoms in total. The number of rotatable bonds is 8. The van der Waals surface area contributed by atoms with E-state index < -0.39 is 38.7 Å². The number of nitrogens with one attached hydrogen (secondary N) is 1. The molecule has 0 bridgehead atoms. The third kappa shape index (κ3) is 7.13. The minimum Gasteiger partial charge on any atom is -0.495 e. The Hall–Kier alpha value is -3.75. The van der Waals surface area contributed by atoms with Crippen molar-refractivity contribution >= 4 is 61.6 Å². The zero-order chi connectivity index (χ0) is 36.9. The van der Waals surface area contributed by atoms with Gasteiger partial charge in [-0.1, -0.05) is 37.6 Å². The fourth-order valence-electron chi connectivity index (χ4n) is 7.25. The number of halogens is 1. The number of hydrogen-bond acceptors (Lipinski definition) is 10. The number of carbonyl (C=O) groups excluding carboxylic acids is 3. The number of carbonyl (C=O) groups is 3. The highest BCUT2D eigenvalue weighted by molar-refractivity contribution is 7.90. The summed E-state index contributed by atoms with van der Waals surface area (Å²) >= 11 is 8.27. The van der Waals surface area contributed by atoms with E-state index in [1.165, 1.54) is 23.3 Å². The summed E-state index contributed by atoms with van der Waals surface area (Å²) in [6, 6.07) is 4.56. The van der Waals surface area contributed by atoms with Crippen LogP contribution in [0.3, 0.4) is 0 Å². The van der Waals surface area contributed by atoms with Crippen LogP contribution in [0.4, 0.5) is 0 Å². The quantitative estimate of drug-likeness (QED) is 0.285. The summed E-state index contributed by atoms with van der Waals surface area (Å²) < 4.78 is 40.1. The molecule has 1 saturated heterocycles. The summed E-state index contributed by atoms with van der Waals surface area (Å²) in [5.74, 6) is -0.346. The topological polar surface area (TPSA) is 148 Å². The SMILES string of the molecule is COc1ccc2c(O[C@H]3C[C@H]4C(=O)N(C)CCCC/C=C\[C@@H]5C[C@@]5(C(=O)NS(=O)(=O)C5CC5)CC(=O)N4C3)cc(-c3nc(C(C)C)cs3)nc2c1Cl. The molecule has 4 atom stereocenters. The number of allylic oxidation sites excluding steroid dienone is 2. The van der Waals surface area contributed by atoms with E-state index in [2.05, 4.69) is 18.6 Å². The minimum atomic E-state index is -3.81. The van der Waals surface area contributed by atoms with Crippen LogP contribution in [0, 0.1) is 11.3 Å². The number of likely N-dealkylation sites (N-methyl/N-ethyl adjacent to an activating group) is 1. The van der Waals surface area contributed by atoms with E-state index in [1.54, 1.807) is 18.0 Å². The molecular weight excluding hydrogens is 726 g/mol. The second kappa shape index (κ2) is 14.2. The highest BCUT2D eigenvalue weighted by Crippen LogP contribution is 2.57. The number of fused-ring (bicyclic) bond motifs is 3. The molecular formula is C37H44ClN5O7S2. The first kappa shape index (κ1) is 36.6. The first-order valence-electron chi connectivity index (χ1n) is 17.9. The summed E-state index contributed by atoms with van der Waals surface area (Å²) in [6.07, 6.45) is 7.14. The van der Waals surface area contributed by atoms with Crippen LogP contribution in [0.15, 0.2) is 35.7 Å². The Morgan fingerprint density at radius 1 is 1.15 bits per heavy atom. The number of benzene rings is 1. The predicted octanol–water partition coefficient (Wildman–Crippen LogP) is 5.70. The van der Waals surface area contributed by atoms with Crippen molar-refractivity contribution in [3.8, 4) is 22.2 Å². The molecule has 278 valence electrons. The maximum Gasteiger partial charge on any atom is 0.245 e. The molecule has 7 rings (SSSR count). The first-order chi connectivity index (χ1) is 24.8.